The molecule has 5 nitrogen and oxygen atoms in total. The predicted molar refractivity (Wildman–Crippen MR) is 83.9 cm³/mol. The maximum Gasteiger partial charge on any atom is 0.315 e. The molecule has 21 heavy (non-hydrogen) atoms. The Hall–Kier alpha value is -2.04. The van der Waals surface area contributed by atoms with Gasteiger partial charge < -0.3 is 15.5 Å². The van der Waals surface area contributed by atoms with Crippen LogP contribution in [0.3, 0.4) is 0 Å². The van der Waals surface area contributed by atoms with E-state index in [0.717, 1.165) is 18.4 Å². The van der Waals surface area contributed by atoms with Gasteiger partial charge in [-0.05, 0) is 18.9 Å². The van der Waals surface area contributed by atoms with Crippen LogP contribution in [0.25, 0.3) is 0 Å². The first-order valence-electron chi connectivity index (χ1n) is 7.28. The van der Waals surface area contributed by atoms with E-state index in [1.165, 1.54) is 4.90 Å². The van der Waals surface area contributed by atoms with Crippen LogP contribution >= 0.6 is 0 Å². The van der Waals surface area contributed by atoms with Crippen molar-refractivity contribution in [3.63, 3.8) is 0 Å². The summed E-state index contributed by atoms with van der Waals surface area (Å²) in [5.74, 6) is -0.128. The number of rotatable bonds is 6. The number of carbonyl (C=O) groups is 2. The fraction of sp³-hybridized carbons (Fsp3) is 0.500. The van der Waals surface area contributed by atoms with Crippen molar-refractivity contribution in [2.24, 2.45) is 0 Å². The smallest absolute Gasteiger partial charge is 0.315 e. The summed E-state index contributed by atoms with van der Waals surface area (Å²) in [4.78, 5) is 25.3. The summed E-state index contributed by atoms with van der Waals surface area (Å²) in [5.41, 5.74) is 1.07. The number of likely N-dealkylation sites (N-methyl/N-ethyl adjacent to an activating group) is 1. The molecule has 1 aromatic carbocycles. The van der Waals surface area contributed by atoms with Gasteiger partial charge in [-0.15, -0.1) is 0 Å². The van der Waals surface area contributed by atoms with E-state index in [0.29, 0.717) is 0 Å². The van der Waals surface area contributed by atoms with Crippen LogP contribution in [0.1, 0.15) is 38.3 Å². The number of hydrogen-bond acceptors (Lipinski definition) is 2. The van der Waals surface area contributed by atoms with Gasteiger partial charge in [-0.1, -0.05) is 43.7 Å². The summed E-state index contributed by atoms with van der Waals surface area (Å²) < 4.78 is 0. The van der Waals surface area contributed by atoms with Crippen molar-refractivity contribution in [3.05, 3.63) is 35.9 Å². The lowest BCUT2D eigenvalue weighted by Crippen LogP contribution is -2.48. The highest BCUT2D eigenvalue weighted by atomic mass is 16.2. The zero-order valence-electron chi connectivity index (χ0n) is 13.2. The van der Waals surface area contributed by atoms with E-state index in [4.69, 9.17) is 0 Å². The fourth-order valence-electron chi connectivity index (χ4n) is 2.14. The van der Waals surface area contributed by atoms with E-state index < -0.39 is 6.04 Å². The zero-order chi connectivity index (χ0) is 15.8. The Bertz CT molecular complexity index is 460. The first-order chi connectivity index (χ1) is 9.95. The highest BCUT2D eigenvalue weighted by Gasteiger charge is 2.19. The second kappa shape index (κ2) is 8.29. The van der Waals surface area contributed by atoms with Crippen molar-refractivity contribution in [2.45, 2.75) is 38.8 Å². The summed E-state index contributed by atoms with van der Waals surface area (Å²) >= 11 is 0. The Morgan fingerprint density at radius 3 is 2.29 bits per heavy atom. The number of nitrogens with zero attached hydrogens (tertiary/aromatic N) is 1. The van der Waals surface area contributed by atoms with Crippen LogP contribution in [-0.2, 0) is 4.79 Å². The van der Waals surface area contributed by atoms with E-state index in [2.05, 4.69) is 17.6 Å². The highest BCUT2D eigenvalue weighted by Crippen LogP contribution is 2.17. The van der Waals surface area contributed by atoms with Gasteiger partial charge in [0.15, 0.2) is 0 Å². The average Bonchev–Trinajstić information content (AvgIpc) is 2.46. The summed E-state index contributed by atoms with van der Waals surface area (Å²) in [6, 6.07) is 8.94. The molecule has 5 heteroatoms. The second-order valence-corrected chi connectivity index (χ2v) is 5.32. The first kappa shape index (κ1) is 17.0. The Morgan fingerprint density at radius 1 is 1.14 bits per heavy atom. The van der Waals surface area contributed by atoms with E-state index in [1.807, 2.05) is 30.3 Å². The van der Waals surface area contributed by atoms with Crippen LogP contribution in [0.15, 0.2) is 30.3 Å². The van der Waals surface area contributed by atoms with E-state index in [-0.39, 0.29) is 18.0 Å². The molecule has 0 saturated heterocycles. The van der Waals surface area contributed by atoms with Crippen molar-refractivity contribution in [3.8, 4) is 0 Å². The molecule has 1 aromatic rings. The lowest BCUT2D eigenvalue weighted by Gasteiger charge is -2.22. The van der Waals surface area contributed by atoms with Crippen molar-refractivity contribution in [2.75, 3.05) is 14.1 Å². The number of hydrogen-bond donors (Lipinski definition) is 2. The molecule has 0 spiro atoms. The molecule has 0 fully saturated rings. The molecule has 0 aliphatic carbocycles. The van der Waals surface area contributed by atoms with Crippen LogP contribution in [0.2, 0.25) is 0 Å². The maximum atomic E-state index is 12.0. The van der Waals surface area contributed by atoms with E-state index in [9.17, 15) is 9.59 Å². The SMILES string of the molecule is CCCC(NC(=O)N[C@@H](C)C(=O)N(C)C)c1ccccc1. The van der Waals surface area contributed by atoms with Crippen LogP contribution in [0, 0.1) is 0 Å². The number of carbonyl (C=O) groups excluding carboxylic acids is 2. The number of benzene rings is 1. The third kappa shape index (κ3) is 5.45. The summed E-state index contributed by atoms with van der Waals surface area (Å²) in [7, 11) is 3.34. The molecule has 2 N–H and O–H groups in total. The van der Waals surface area contributed by atoms with Gasteiger partial charge in [-0.2, -0.15) is 0 Å². The van der Waals surface area contributed by atoms with Crippen LogP contribution in [0.5, 0.6) is 0 Å². The predicted octanol–water partition coefficient (Wildman–Crippen LogP) is 2.30. The van der Waals surface area contributed by atoms with Gasteiger partial charge in [0.1, 0.15) is 6.04 Å². The average molecular weight is 291 g/mol. The minimum Gasteiger partial charge on any atom is -0.347 e. The molecule has 0 aliphatic rings. The summed E-state index contributed by atoms with van der Waals surface area (Å²) in [6.45, 7) is 3.76. The van der Waals surface area contributed by atoms with Crippen LogP contribution in [0.4, 0.5) is 4.79 Å². The molecule has 3 amide bonds. The van der Waals surface area contributed by atoms with Gasteiger partial charge in [0.05, 0.1) is 6.04 Å². The van der Waals surface area contributed by atoms with Gasteiger partial charge in [0.25, 0.3) is 0 Å². The third-order valence-electron chi connectivity index (χ3n) is 3.24. The minimum atomic E-state index is -0.543. The van der Waals surface area contributed by atoms with E-state index >= 15 is 0 Å². The largest absolute Gasteiger partial charge is 0.347 e. The summed E-state index contributed by atoms with van der Waals surface area (Å²) in [6.07, 6.45) is 1.82. The molecular formula is C16H25N3O2. The Kier molecular flexibility index (Phi) is 6.72. The first-order valence-corrected chi connectivity index (χ1v) is 7.28. The zero-order valence-corrected chi connectivity index (χ0v) is 13.2. The molecule has 0 aromatic heterocycles. The second-order valence-electron chi connectivity index (χ2n) is 5.32. The van der Waals surface area contributed by atoms with Gasteiger partial charge in [-0.3, -0.25) is 4.79 Å². The molecule has 1 unspecified atom stereocenters. The number of urea groups is 1. The Morgan fingerprint density at radius 2 is 1.76 bits per heavy atom. The topological polar surface area (TPSA) is 61.4 Å². The monoisotopic (exact) mass is 291 g/mol. The van der Waals surface area contributed by atoms with Crippen molar-refractivity contribution < 1.29 is 9.59 Å². The third-order valence-corrected chi connectivity index (χ3v) is 3.24. The molecule has 0 bridgehead atoms. The van der Waals surface area contributed by atoms with E-state index in [1.54, 1.807) is 21.0 Å². The summed E-state index contributed by atoms with van der Waals surface area (Å²) in [5, 5.41) is 5.62. The lowest BCUT2D eigenvalue weighted by molar-refractivity contribution is -0.130. The molecule has 2 atom stereocenters. The molecule has 116 valence electrons. The standard InChI is InChI=1S/C16H25N3O2/c1-5-9-14(13-10-7-6-8-11-13)18-16(21)17-12(2)15(20)19(3)4/h6-8,10-12,14H,5,9H2,1-4H3,(H2,17,18,21)/t12-,14?/m0/s1. The lowest BCUT2D eigenvalue weighted by atomic mass is 10.0. The minimum absolute atomic E-state index is 0.0436. The van der Waals surface area contributed by atoms with Crippen molar-refractivity contribution >= 4 is 11.9 Å². The van der Waals surface area contributed by atoms with Gasteiger partial charge in [-0.25, -0.2) is 4.79 Å². The van der Waals surface area contributed by atoms with Gasteiger partial charge in [0, 0.05) is 14.1 Å². The van der Waals surface area contributed by atoms with Gasteiger partial charge in [0.2, 0.25) is 5.91 Å². The quantitative estimate of drug-likeness (QED) is 0.845. The van der Waals surface area contributed by atoms with Crippen molar-refractivity contribution in [1.29, 1.82) is 0 Å². The number of amides is 3. The highest BCUT2D eigenvalue weighted by molar-refractivity contribution is 5.86. The van der Waals surface area contributed by atoms with Crippen molar-refractivity contribution in [1.82, 2.24) is 15.5 Å². The maximum absolute atomic E-state index is 12.0. The van der Waals surface area contributed by atoms with Gasteiger partial charge >= 0.3 is 6.03 Å². The molecule has 0 saturated carbocycles. The van der Waals surface area contributed by atoms with Crippen LogP contribution in [-0.4, -0.2) is 37.0 Å². The fourth-order valence-corrected chi connectivity index (χ4v) is 2.14. The normalized spacial score (nSPS) is 13.1. The Labute approximate surface area is 126 Å². The Balaban J connectivity index is 2.63. The molecule has 1 rings (SSSR count). The molecule has 0 heterocycles. The molecular weight excluding hydrogens is 266 g/mol. The van der Waals surface area contributed by atoms with Crippen LogP contribution < -0.4 is 10.6 Å². The molecule has 0 aliphatic heterocycles. The number of nitrogens with one attached hydrogen (secondary N) is 2. The molecule has 0 radical (unpaired) electrons.